The second-order valence-electron chi connectivity index (χ2n) is 9.06. The van der Waals surface area contributed by atoms with Gasteiger partial charge in [0.1, 0.15) is 12.3 Å². The molecule has 1 atom stereocenters. The molecule has 2 saturated heterocycles. The second-order valence-corrected chi connectivity index (χ2v) is 9.06. The number of benzene rings is 1. The Bertz CT molecular complexity index is 677. The van der Waals surface area contributed by atoms with E-state index in [0.29, 0.717) is 18.8 Å². The molecule has 2 fully saturated rings. The van der Waals surface area contributed by atoms with Crippen molar-refractivity contribution in [3.63, 3.8) is 0 Å². The van der Waals surface area contributed by atoms with Gasteiger partial charge in [0.15, 0.2) is 0 Å². The molecular formula is C25H40N4O2. The summed E-state index contributed by atoms with van der Waals surface area (Å²) in [5.74, 6) is 0.536. The molecule has 0 bridgehead atoms. The number of hydrogen-bond acceptors (Lipinski definition) is 5. The van der Waals surface area contributed by atoms with E-state index in [0.717, 1.165) is 18.0 Å². The largest absolute Gasteiger partial charge is 0.374 e. The SMILES string of the molecule is CCCN1CCC(N2CCC(c3ccc(NC(CCC=O)C(=O)NC)cc3)CC2)CC1. The van der Waals surface area contributed by atoms with E-state index in [9.17, 15) is 9.59 Å². The number of anilines is 1. The lowest BCUT2D eigenvalue weighted by atomic mass is 9.88. The minimum Gasteiger partial charge on any atom is -0.374 e. The van der Waals surface area contributed by atoms with Gasteiger partial charge in [-0.2, -0.15) is 0 Å². The average molecular weight is 429 g/mol. The van der Waals surface area contributed by atoms with E-state index in [4.69, 9.17) is 0 Å². The molecule has 2 aliphatic rings. The summed E-state index contributed by atoms with van der Waals surface area (Å²) in [6, 6.07) is 8.94. The number of piperidine rings is 2. The Morgan fingerprint density at radius 1 is 1.10 bits per heavy atom. The molecule has 0 spiro atoms. The Labute approximate surface area is 187 Å². The minimum atomic E-state index is -0.381. The molecule has 0 aliphatic carbocycles. The van der Waals surface area contributed by atoms with Gasteiger partial charge in [0.25, 0.3) is 0 Å². The molecule has 1 unspecified atom stereocenters. The summed E-state index contributed by atoms with van der Waals surface area (Å²) in [6.45, 7) is 8.45. The van der Waals surface area contributed by atoms with Crippen molar-refractivity contribution >= 4 is 17.9 Å². The van der Waals surface area contributed by atoms with Gasteiger partial charge in [0, 0.05) is 25.2 Å². The van der Waals surface area contributed by atoms with Crippen LogP contribution in [0.1, 0.15) is 63.4 Å². The quantitative estimate of drug-likeness (QED) is 0.560. The predicted octanol–water partition coefficient (Wildman–Crippen LogP) is 3.25. The molecule has 3 rings (SSSR count). The molecule has 0 aromatic heterocycles. The van der Waals surface area contributed by atoms with Gasteiger partial charge >= 0.3 is 0 Å². The molecule has 1 aromatic rings. The molecule has 172 valence electrons. The van der Waals surface area contributed by atoms with Crippen molar-refractivity contribution in [2.45, 2.75) is 69.9 Å². The van der Waals surface area contributed by atoms with Crippen molar-refractivity contribution in [3.05, 3.63) is 29.8 Å². The standard InChI is InChI=1S/C25H40N4O2/c1-3-14-28-15-12-23(13-16-28)29-17-10-21(11-18-29)20-6-8-22(9-7-20)27-24(5-4-19-30)25(31)26-2/h6-9,19,21,23-24,27H,3-5,10-18H2,1-2H3,(H,26,31). The summed E-state index contributed by atoms with van der Waals surface area (Å²) in [6.07, 6.45) is 8.09. The zero-order valence-electron chi connectivity index (χ0n) is 19.3. The monoisotopic (exact) mass is 428 g/mol. The topological polar surface area (TPSA) is 64.7 Å². The maximum Gasteiger partial charge on any atom is 0.242 e. The van der Waals surface area contributed by atoms with E-state index in [1.807, 2.05) is 0 Å². The van der Waals surface area contributed by atoms with Crippen LogP contribution in [0.5, 0.6) is 0 Å². The van der Waals surface area contributed by atoms with Gasteiger partial charge in [-0.15, -0.1) is 0 Å². The third kappa shape index (κ3) is 6.78. The van der Waals surface area contributed by atoms with Crippen molar-refractivity contribution in [1.82, 2.24) is 15.1 Å². The number of rotatable bonds is 10. The Morgan fingerprint density at radius 2 is 1.77 bits per heavy atom. The molecule has 2 aliphatic heterocycles. The predicted molar refractivity (Wildman–Crippen MR) is 127 cm³/mol. The molecule has 31 heavy (non-hydrogen) atoms. The fraction of sp³-hybridized carbons (Fsp3) is 0.680. The van der Waals surface area contributed by atoms with Gasteiger partial charge in [-0.3, -0.25) is 4.79 Å². The first-order valence-electron chi connectivity index (χ1n) is 12.1. The first kappa shape index (κ1) is 23.7. The fourth-order valence-electron chi connectivity index (χ4n) is 5.15. The van der Waals surface area contributed by atoms with Crippen molar-refractivity contribution < 1.29 is 9.59 Å². The highest BCUT2D eigenvalue weighted by molar-refractivity contribution is 5.84. The molecule has 1 aromatic carbocycles. The number of likely N-dealkylation sites (N-methyl/N-ethyl adjacent to an activating group) is 1. The molecule has 0 radical (unpaired) electrons. The summed E-state index contributed by atoms with van der Waals surface area (Å²) in [7, 11) is 1.63. The number of amides is 1. The number of hydrogen-bond donors (Lipinski definition) is 2. The molecule has 2 N–H and O–H groups in total. The van der Waals surface area contributed by atoms with Crippen LogP contribution >= 0.6 is 0 Å². The van der Waals surface area contributed by atoms with Crippen LogP contribution in [0.4, 0.5) is 5.69 Å². The molecular weight excluding hydrogens is 388 g/mol. The fourth-order valence-corrected chi connectivity index (χ4v) is 5.15. The zero-order valence-corrected chi connectivity index (χ0v) is 19.3. The van der Waals surface area contributed by atoms with E-state index in [1.165, 1.54) is 70.4 Å². The maximum absolute atomic E-state index is 12.1. The number of carbonyl (C=O) groups is 2. The van der Waals surface area contributed by atoms with Crippen LogP contribution in [0, 0.1) is 0 Å². The van der Waals surface area contributed by atoms with E-state index in [2.05, 4.69) is 51.6 Å². The number of carbonyl (C=O) groups excluding carboxylic acids is 2. The minimum absolute atomic E-state index is 0.0844. The Hall–Kier alpha value is -1.92. The molecule has 0 saturated carbocycles. The lowest BCUT2D eigenvalue weighted by Crippen LogP contribution is -2.47. The van der Waals surface area contributed by atoms with Gasteiger partial charge < -0.3 is 25.2 Å². The van der Waals surface area contributed by atoms with Crippen LogP contribution in [0.25, 0.3) is 0 Å². The number of aldehydes is 1. The first-order chi connectivity index (χ1) is 15.1. The van der Waals surface area contributed by atoms with Crippen LogP contribution in [-0.4, -0.2) is 73.8 Å². The Kier molecular flexibility index (Phi) is 9.34. The third-order valence-corrected chi connectivity index (χ3v) is 7.00. The molecule has 6 heteroatoms. The normalized spacial score (nSPS) is 20.3. The maximum atomic E-state index is 12.1. The highest BCUT2D eigenvalue weighted by Gasteiger charge is 2.28. The smallest absolute Gasteiger partial charge is 0.242 e. The van der Waals surface area contributed by atoms with Crippen molar-refractivity contribution in [2.75, 3.05) is 45.1 Å². The highest BCUT2D eigenvalue weighted by atomic mass is 16.2. The van der Waals surface area contributed by atoms with E-state index >= 15 is 0 Å². The molecule has 1 amide bonds. The number of nitrogens with one attached hydrogen (secondary N) is 2. The van der Waals surface area contributed by atoms with Crippen molar-refractivity contribution in [3.8, 4) is 0 Å². The summed E-state index contributed by atoms with van der Waals surface area (Å²) < 4.78 is 0. The van der Waals surface area contributed by atoms with Crippen molar-refractivity contribution in [1.29, 1.82) is 0 Å². The van der Waals surface area contributed by atoms with Gasteiger partial charge in [0.2, 0.25) is 5.91 Å². The van der Waals surface area contributed by atoms with Crippen LogP contribution in [-0.2, 0) is 9.59 Å². The van der Waals surface area contributed by atoms with Crippen LogP contribution in [0.15, 0.2) is 24.3 Å². The molecule has 2 heterocycles. The van der Waals surface area contributed by atoms with Gasteiger partial charge in [-0.05, 0) is 94.9 Å². The van der Waals surface area contributed by atoms with Gasteiger partial charge in [0.05, 0.1) is 0 Å². The Balaban J connectivity index is 1.47. The lowest BCUT2D eigenvalue weighted by Gasteiger charge is -2.42. The summed E-state index contributed by atoms with van der Waals surface area (Å²) in [5, 5.41) is 5.95. The average Bonchev–Trinajstić information content (AvgIpc) is 2.82. The number of nitrogens with zero attached hydrogens (tertiary/aromatic N) is 2. The first-order valence-corrected chi connectivity index (χ1v) is 12.1. The lowest BCUT2D eigenvalue weighted by molar-refractivity contribution is -0.121. The van der Waals surface area contributed by atoms with Gasteiger partial charge in [-0.1, -0.05) is 19.1 Å². The summed E-state index contributed by atoms with van der Waals surface area (Å²) in [4.78, 5) is 28.1. The Morgan fingerprint density at radius 3 is 2.35 bits per heavy atom. The number of likely N-dealkylation sites (tertiary alicyclic amines) is 2. The third-order valence-electron chi connectivity index (χ3n) is 7.00. The van der Waals surface area contributed by atoms with Gasteiger partial charge in [-0.25, -0.2) is 0 Å². The zero-order chi connectivity index (χ0) is 22.1. The summed E-state index contributed by atoms with van der Waals surface area (Å²) >= 11 is 0. The molecule has 6 nitrogen and oxygen atoms in total. The van der Waals surface area contributed by atoms with Crippen LogP contribution in [0.2, 0.25) is 0 Å². The van der Waals surface area contributed by atoms with Crippen LogP contribution < -0.4 is 10.6 Å². The highest BCUT2D eigenvalue weighted by Crippen LogP contribution is 2.31. The van der Waals surface area contributed by atoms with E-state index < -0.39 is 0 Å². The van der Waals surface area contributed by atoms with Crippen LogP contribution in [0.3, 0.4) is 0 Å². The summed E-state index contributed by atoms with van der Waals surface area (Å²) in [5.41, 5.74) is 2.33. The second kappa shape index (κ2) is 12.2. The van der Waals surface area contributed by atoms with E-state index in [-0.39, 0.29) is 11.9 Å². The van der Waals surface area contributed by atoms with E-state index in [1.54, 1.807) is 7.05 Å². The van der Waals surface area contributed by atoms with Crippen molar-refractivity contribution in [2.24, 2.45) is 0 Å².